The van der Waals surface area contributed by atoms with Crippen LogP contribution in [-0.4, -0.2) is 22.0 Å². The molecule has 0 unspecified atom stereocenters. The van der Waals surface area contributed by atoms with Gasteiger partial charge in [-0.15, -0.1) is 0 Å². The average Bonchev–Trinajstić information content (AvgIpc) is 2.39. The van der Waals surface area contributed by atoms with Crippen LogP contribution in [0, 0.1) is 5.82 Å². The number of benzene rings is 1. The maximum Gasteiger partial charge on any atom is 0.337 e. The Labute approximate surface area is 114 Å². The molecule has 0 aliphatic carbocycles. The highest BCUT2D eigenvalue weighted by molar-refractivity contribution is 6.01. The van der Waals surface area contributed by atoms with Crippen molar-refractivity contribution in [3.05, 3.63) is 59.7 Å². The van der Waals surface area contributed by atoms with E-state index in [1.165, 1.54) is 0 Å². The number of nitrogens with one attached hydrogen (secondary N) is 1. The third-order valence-electron chi connectivity index (χ3n) is 2.60. The van der Waals surface area contributed by atoms with E-state index in [1.54, 1.807) is 24.5 Å². The molecule has 20 heavy (non-hydrogen) atoms. The van der Waals surface area contributed by atoms with Crippen LogP contribution in [0.15, 0.2) is 42.7 Å². The molecule has 2 rings (SSSR count). The summed E-state index contributed by atoms with van der Waals surface area (Å²) in [5.41, 5.74) is 0.511. The summed E-state index contributed by atoms with van der Waals surface area (Å²) in [5, 5.41) is 11.4. The first-order valence-corrected chi connectivity index (χ1v) is 5.78. The van der Waals surface area contributed by atoms with Gasteiger partial charge in [0.05, 0.1) is 17.7 Å². The Morgan fingerprint density at radius 3 is 2.55 bits per heavy atom. The van der Waals surface area contributed by atoms with Crippen molar-refractivity contribution in [1.29, 1.82) is 0 Å². The molecule has 0 aliphatic heterocycles. The highest BCUT2D eigenvalue weighted by Crippen LogP contribution is 2.17. The molecule has 1 aromatic heterocycles. The summed E-state index contributed by atoms with van der Waals surface area (Å²) in [6, 6.07) is 6.46. The minimum Gasteiger partial charge on any atom is -0.478 e. The largest absolute Gasteiger partial charge is 0.478 e. The van der Waals surface area contributed by atoms with E-state index in [-0.39, 0.29) is 17.7 Å². The second-order valence-electron chi connectivity index (χ2n) is 4.08. The molecule has 1 aromatic carbocycles. The van der Waals surface area contributed by atoms with Gasteiger partial charge in [-0.2, -0.15) is 0 Å². The number of hydrogen-bond acceptors (Lipinski definition) is 3. The zero-order valence-electron chi connectivity index (χ0n) is 10.3. The van der Waals surface area contributed by atoms with E-state index in [9.17, 15) is 14.0 Å². The second-order valence-corrected chi connectivity index (χ2v) is 4.08. The van der Waals surface area contributed by atoms with E-state index in [0.29, 0.717) is 0 Å². The third kappa shape index (κ3) is 3.38. The highest BCUT2D eigenvalue weighted by atomic mass is 19.1. The van der Waals surface area contributed by atoms with Crippen LogP contribution in [0.4, 0.5) is 10.1 Å². The Balaban J connectivity index is 2.15. The summed E-state index contributed by atoms with van der Waals surface area (Å²) >= 11 is 0. The molecule has 2 N–H and O–H groups in total. The van der Waals surface area contributed by atoms with E-state index in [1.807, 2.05) is 0 Å². The van der Waals surface area contributed by atoms with Gasteiger partial charge in [0, 0.05) is 12.4 Å². The molecule has 2 aromatic rings. The van der Waals surface area contributed by atoms with Crippen molar-refractivity contribution >= 4 is 17.6 Å². The Kier molecular flexibility index (Phi) is 4.05. The summed E-state index contributed by atoms with van der Waals surface area (Å²) in [7, 11) is 0. The van der Waals surface area contributed by atoms with Gasteiger partial charge in [0.25, 0.3) is 0 Å². The van der Waals surface area contributed by atoms with E-state index >= 15 is 0 Å². The fourth-order valence-corrected chi connectivity index (χ4v) is 1.69. The number of amides is 1. The van der Waals surface area contributed by atoms with Crippen molar-refractivity contribution < 1.29 is 19.1 Å². The number of halogens is 1. The fraction of sp³-hybridized carbons (Fsp3) is 0.0714. The number of carbonyl (C=O) groups excluding carboxylic acids is 1. The molecule has 0 bridgehead atoms. The van der Waals surface area contributed by atoms with Crippen LogP contribution in [0.2, 0.25) is 0 Å². The van der Waals surface area contributed by atoms with E-state index in [2.05, 4.69) is 10.3 Å². The molecule has 6 heteroatoms. The molecule has 0 fully saturated rings. The first-order chi connectivity index (χ1) is 9.56. The predicted octanol–water partition coefficient (Wildman–Crippen LogP) is 2.10. The van der Waals surface area contributed by atoms with Gasteiger partial charge in [0.1, 0.15) is 5.82 Å². The lowest BCUT2D eigenvalue weighted by Crippen LogP contribution is -2.17. The number of pyridine rings is 1. The summed E-state index contributed by atoms with van der Waals surface area (Å²) in [5.74, 6) is -2.28. The molecule has 0 spiro atoms. The molecule has 0 saturated heterocycles. The maximum atomic E-state index is 13.1. The van der Waals surface area contributed by atoms with Crippen LogP contribution in [0.1, 0.15) is 15.9 Å². The number of aromatic carboxylic acids is 1. The minimum atomic E-state index is -1.23. The monoisotopic (exact) mass is 274 g/mol. The molecule has 1 amide bonds. The first kappa shape index (κ1) is 13.7. The van der Waals surface area contributed by atoms with Gasteiger partial charge in [0.15, 0.2) is 0 Å². The molecule has 5 nitrogen and oxygen atoms in total. The summed E-state index contributed by atoms with van der Waals surface area (Å²) < 4.78 is 13.1. The lowest BCUT2D eigenvalue weighted by molar-refractivity contribution is -0.115. The zero-order chi connectivity index (χ0) is 14.5. The van der Waals surface area contributed by atoms with Crippen LogP contribution >= 0.6 is 0 Å². The lowest BCUT2D eigenvalue weighted by atomic mass is 10.1. The quantitative estimate of drug-likeness (QED) is 0.894. The van der Waals surface area contributed by atoms with Crippen LogP contribution in [0.3, 0.4) is 0 Å². The van der Waals surface area contributed by atoms with Gasteiger partial charge in [-0.3, -0.25) is 9.78 Å². The van der Waals surface area contributed by atoms with Crippen molar-refractivity contribution in [3.8, 4) is 0 Å². The second kappa shape index (κ2) is 5.92. The van der Waals surface area contributed by atoms with Gasteiger partial charge >= 0.3 is 5.97 Å². The summed E-state index contributed by atoms with van der Waals surface area (Å²) in [6.45, 7) is 0. The normalized spacial score (nSPS) is 10.1. The van der Waals surface area contributed by atoms with Crippen LogP contribution in [-0.2, 0) is 11.2 Å². The molecule has 0 aliphatic rings. The van der Waals surface area contributed by atoms with Crippen molar-refractivity contribution in [2.75, 3.05) is 5.32 Å². The fourth-order valence-electron chi connectivity index (χ4n) is 1.69. The van der Waals surface area contributed by atoms with Gasteiger partial charge in [-0.1, -0.05) is 0 Å². The first-order valence-electron chi connectivity index (χ1n) is 5.78. The van der Waals surface area contributed by atoms with Gasteiger partial charge in [-0.25, -0.2) is 9.18 Å². The molecular weight excluding hydrogens is 263 g/mol. The number of aromatic nitrogens is 1. The van der Waals surface area contributed by atoms with Crippen LogP contribution in [0.5, 0.6) is 0 Å². The van der Waals surface area contributed by atoms with Crippen LogP contribution in [0.25, 0.3) is 0 Å². The number of carboxylic acid groups (broad SMARTS) is 1. The number of hydrogen-bond donors (Lipinski definition) is 2. The van der Waals surface area contributed by atoms with Gasteiger partial charge in [0.2, 0.25) is 5.91 Å². The van der Waals surface area contributed by atoms with E-state index in [0.717, 1.165) is 23.8 Å². The molecular formula is C14H11FN2O3. The van der Waals surface area contributed by atoms with Crippen molar-refractivity contribution in [1.82, 2.24) is 4.98 Å². The number of anilines is 1. The lowest BCUT2D eigenvalue weighted by Gasteiger charge is -2.08. The molecule has 0 radical (unpaired) electrons. The molecule has 0 saturated carbocycles. The summed E-state index contributed by atoms with van der Waals surface area (Å²) in [6.07, 6.45) is 3.15. The molecule has 1 heterocycles. The standard InChI is InChI=1S/C14H11FN2O3/c15-10-1-2-11(14(19)20)12(8-10)17-13(18)7-9-3-5-16-6-4-9/h1-6,8H,7H2,(H,17,18)(H,19,20). The van der Waals surface area contributed by atoms with Crippen molar-refractivity contribution in [3.63, 3.8) is 0 Å². The SMILES string of the molecule is O=C(Cc1ccncc1)Nc1cc(F)ccc1C(=O)O. The Morgan fingerprint density at radius 1 is 1.20 bits per heavy atom. The average molecular weight is 274 g/mol. The Bertz CT molecular complexity index is 644. The minimum absolute atomic E-state index is 0.0537. The predicted molar refractivity (Wildman–Crippen MR) is 69.9 cm³/mol. The smallest absolute Gasteiger partial charge is 0.337 e. The number of rotatable bonds is 4. The van der Waals surface area contributed by atoms with E-state index < -0.39 is 17.7 Å². The van der Waals surface area contributed by atoms with Crippen molar-refractivity contribution in [2.24, 2.45) is 0 Å². The zero-order valence-corrected chi connectivity index (χ0v) is 10.3. The van der Waals surface area contributed by atoms with Crippen LogP contribution < -0.4 is 5.32 Å². The topological polar surface area (TPSA) is 79.3 Å². The highest BCUT2D eigenvalue weighted by Gasteiger charge is 2.13. The Morgan fingerprint density at radius 2 is 1.90 bits per heavy atom. The molecule has 102 valence electrons. The number of carbonyl (C=O) groups is 2. The van der Waals surface area contributed by atoms with E-state index in [4.69, 9.17) is 5.11 Å². The van der Waals surface area contributed by atoms with Gasteiger partial charge < -0.3 is 10.4 Å². The Hall–Kier alpha value is -2.76. The summed E-state index contributed by atoms with van der Waals surface area (Å²) in [4.78, 5) is 26.6. The third-order valence-corrected chi connectivity index (χ3v) is 2.60. The number of nitrogens with zero attached hydrogens (tertiary/aromatic N) is 1. The van der Waals surface area contributed by atoms with Gasteiger partial charge in [-0.05, 0) is 35.9 Å². The number of carboxylic acids is 1. The molecule has 0 atom stereocenters. The maximum absolute atomic E-state index is 13.1. The van der Waals surface area contributed by atoms with Crippen molar-refractivity contribution in [2.45, 2.75) is 6.42 Å².